The standard InChI is InChI=1S/C24H33N3O2/c1-3-25-24(26-15-21-10-7-11-22(14-21)17-28-2)27-13-12-23(16-27)19-29-18-20-8-5-4-6-9-20/h4-11,14,23H,3,12-13,15-19H2,1-2H3,(H,25,26). The number of nitrogens with zero attached hydrogens (tertiary/aromatic N) is 2. The summed E-state index contributed by atoms with van der Waals surface area (Å²) < 4.78 is 11.2. The predicted molar refractivity (Wildman–Crippen MR) is 118 cm³/mol. The van der Waals surface area contributed by atoms with Crippen LogP contribution >= 0.6 is 0 Å². The molecule has 0 radical (unpaired) electrons. The van der Waals surface area contributed by atoms with Crippen molar-refractivity contribution in [3.63, 3.8) is 0 Å². The molecule has 2 aromatic rings. The Kier molecular flexibility index (Phi) is 8.53. The van der Waals surface area contributed by atoms with Crippen molar-refractivity contribution in [1.82, 2.24) is 10.2 Å². The molecule has 1 aliphatic rings. The predicted octanol–water partition coefficient (Wildman–Crippen LogP) is 3.84. The molecular formula is C24H33N3O2. The Hall–Kier alpha value is -2.37. The van der Waals surface area contributed by atoms with Crippen molar-refractivity contribution in [1.29, 1.82) is 0 Å². The molecule has 1 aliphatic heterocycles. The fraction of sp³-hybridized carbons (Fsp3) is 0.458. The zero-order valence-corrected chi connectivity index (χ0v) is 17.6. The first-order chi connectivity index (χ1) is 14.3. The highest BCUT2D eigenvalue weighted by molar-refractivity contribution is 5.80. The number of ether oxygens (including phenoxy) is 2. The fourth-order valence-corrected chi connectivity index (χ4v) is 3.66. The Morgan fingerprint density at radius 2 is 1.86 bits per heavy atom. The summed E-state index contributed by atoms with van der Waals surface area (Å²) in [5.74, 6) is 1.54. The van der Waals surface area contributed by atoms with Gasteiger partial charge >= 0.3 is 0 Å². The first-order valence-corrected chi connectivity index (χ1v) is 10.5. The van der Waals surface area contributed by atoms with Gasteiger partial charge in [0.1, 0.15) is 0 Å². The highest BCUT2D eigenvalue weighted by Crippen LogP contribution is 2.18. The molecule has 1 unspecified atom stereocenters. The third-order valence-electron chi connectivity index (χ3n) is 5.10. The van der Waals surface area contributed by atoms with Crippen LogP contribution in [0.3, 0.4) is 0 Å². The maximum Gasteiger partial charge on any atom is 0.194 e. The molecule has 5 heteroatoms. The molecule has 0 aromatic heterocycles. The van der Waals surface area contributed by atoms with Gasteiger partial charge in [-0.3, -0.25) is 0 Å². The van der Waals surface area contributed by atoms with Crippen molar-refractivity contribution < 1.29 is 9.47 Å². The first kappa shape index (κ1) is 21.3. The molecule has 0 saturated carbocycles. The minimum atomic E-state index is 0.549. The summed E-state index contributed by atoms with van der Waals surface area (Å²) in [5, 5.41) is 3.45. The van der Waals surface area contributed by atoms with Gasteiger partial charge in [-0.1, -0.05) is 54.6 Å². The van der Waals surface area contributed by atoms with Crippen LogP contribution < -0.4 is 5.32 Å². The van der Waals surface area contributed by atoms with Crippen molar-refractivity contribution >= 4 is 5.96 Å². The molecule has 29 heavy (non-hydrogen) atoms. The van der Waals surface area contributed by atoms with Gasteiger partial charge in [-0.15, -0.1) is 0 Å². The monoisotopic (exact) mass is 395 g/mol. The van der Waals surface area contributed by atoms with E-state index in [9.17, 15) is 0 Å². The summed E-state index contributed by atoms with van der Waals surface area (Å²) in [6.45, 7) is 7.78. The van der Waals surface area contributed by atoms with Gasteiger partial charge in [0.25, 0.3) is 0 Å². The summed E-state index contributed by atoms with van der Waals surface area (Å²) in [7, 11) is 1.72. The van der Waals surface area contributed by atoms with Crippen LogP contribution in [0.1, 0.15) is 30.0 Å². The highest BCUT2D eigenvalue weighted by atomic mass is 16.5. The maximum atomic E-state index is 5.96. The number of guanidine groups is 1. The average Bonchev–Trinajstić information content (AvgIpc) is 3.21. The molecule has 1 atom stereocenters. The molecule has 5 nitrogen and oxygen atoms in total. The minimum absolute atomic E-state index is 0.549. The van der Waals surface area contributed by atoms with E-state index < -0.39 is 0 Å². The van der Waals surface area contributed by atoms with Crippen molar-refractivity contribution in [2.45, 2.75) is 33.1 Å². The summed E-state index contributed by atoms with van der Waals surface area (Å²) in [6.07, 6.45) is 1.14. The molecule has 1 heterocycles. The Morgan fingerprint density at radius 3 is 2.66 bits per heavy atom. The van der Waals surface area contributed by atoms with E-state index in [0.717, 1.165) is 38.6 Å². The summed E-state index contributed by atoms with van der Waals surface area (Å²) >= 11 is 0. The molecule has 0 aliphatic carbocycles. The van der Waals surface area contributed by atoms with Crippen LogP contribution in [0.2, 0.25) is 0 Å². The number of hydrogen-bond acceptors (Lipinski definition) is 3. The van der Waals surface area contributed by atoms with Crippen LogP contribution in [0, 0.1) is 5.92 Å². The van der Waals surface area contributed by atoms with Gasteiger partial charge in [-0.2, -0.15) is 0 Å². The number of nitrogens with one attached hydrogen (secondary N) is 1. The van der Waals surface area contributed by atoms with Gasteiger partial charge in [-0.25, -0.2) is 4.99 Å². The number of aliphatic imine (C=N–C) groups is 1. The molecule has 1 saturated heterocycles. The van der Waals surface area contributed by atoms with E-state index in [1.807, 2.05) is 6.07 Å². The lowest BCUT2D eigenvalue weighted by Crippen LogP contribution is -2.40. The zero-order chi connectivity index (χ0) is 20.3. The molecule has 1 N–H and O–H groups in total. The molecule has 156 valence electrons. The normalized spacial score (nSPS) is 17.0. The van der Waals surface area contributed by atoms with Crippen molar-refractivity contribution in [2.24, 2.45) is 10.9 Å². The fourth-order valence-electron chi connectivity index (χ4n) is 3.66. The van der Waals surface area contributed by atoms with Gasteiger partial charge < -0.3 is 19.7 Å². The molecule has 0 amide bonds. The number of rotatable bonds is 9. The summed E-state index contributed by atoms with van der Waals surface area (Å²) in [6, 6.07) is 18.8. The molecule has 0 spiro atoms. The summed E-state index contributed by atoms with van der Waals surface area (Å²) in [5.41, 5.74) is 3.62. The van der Waals surface area contributed by atoms with Gasteiger partial charge in [0.2, 0.25) is 0 Å². The summed E-state index contributed by atoms with van der Waals surface area (Å²) in [4.78, 5) is 7.24. The number of benzene rings is 2. The lowest BCUT2D eigenvalue weighted by molar-refractivity contribution is 0.0906. The molecule has 1 fully saturated rings. The second-order valence-corrected chi connectivity index (χ2v) is 7.52. The van der Waals surface area contributed by atoms with E-state index in [1.165, 1.54) is 16.7 Å². The molecule has 3 rings (SSSR count). The van der Waals surface area contributed by atoms with Crippen LogP contribution in [-0.4, -0.2) is 44.2 Å². The Balaban J connectivity index is 1.51. The Labute approximate surface area is 174 Å². The van der Waals surface area contributed by atoms with E-state index in [-0.39, 0.29) is 0 Å². The minimum Gasteiger partial charge on any atom is -0.380 e. The van der Waals surface area contributed by atoms with Gasteiger partial charge in [0.15, 0.2) is 5.96 Å². The molecule has 0 bridgehead atoms. The van der Waals surface area contributed by atoms with Crippen molar-refractivity contribution in [3.05, 3.63) is 71.3 Å². The van der Waals surface area contributed by atoms with E-state index in [4.69, 9.17) is 14.5 Å². The van der Waals surface area contributed by atoms with Gasteiger partial charge in [0.05, 0.1) is 26.4 Å². The SMILES string of the molecule is CCNC(=NCc1cccc(COC)c1)N1CCC(COCc2ccccc2)C1. The smallest absolute Gasteiger partial charge is 0.194 e. The number of hydrogen-bond donors (Lipinski definition) is 1. The molecule has 2 aromatic carbocycles. The largest absolute Gasteiger partial charge is 0.380 e. The first-order valence-electron chi connectivity index (χ1n) is 10.5. The topological polar surface area (TPSA) is 46.1 Å². The lowest BCUT2D eigenvalue weighted by Gasteiger charge is -2.21. The van der Waals surface area contributed by atoms with Crippen LogP contribution in [0.15, 0.2) is 59.6 Å². The molecular weight excluding hydrogens is 362 g/mol. The zero-order valence-electron chi connectivity index (χ0n) is 17.6. The van der Waals surface area contributed by atoms with E-state index in [2.05, 4.69) is 65.7 Å². The van der Waals surface area contributed by atoms with Crippen LogP contribution in [0.5, 0.6) is 0 Å². The highest BCUT2D eigenvalue weighted by Gasteiger charge is 2.25. The van der Waals surface area contributed by atoms with E-state index >= 15 is 0 Å². The van der Waals surface area contributed by atoms with Crippen molar-refractivity contribution in [2.75, 3.05) is 33.4 Å². The Bertz CT molecular complexity index is 764. The maximum absolute atomic E-state index is 5.96. The van der Waals surface area contributed by atoms with E-state index in [1.54, 1.807) is 7.11 Å². The van der Waals surface area contributed by atoms with Crippen LogP contribution in [0.4, 0.5) is 0 Å². The average molecular weight is 396 g/mol. The second-order valence-electron chi connectivity index (χ2n) is 7.52. The lowest BCUT2D eigenvalue weighted by atomic mass is 10.1. The third-order valence-corrected chi connectivity index (χ3v) is 5.10. The van der Waals surface area contributed by atoms with E-state index in [0.29, 0.717) is 25.7 Å². The Morgan fingerprint density at radius 1 is 1.07 bits per heavy atom. The third kappa shape index (κ3) is 6.87. The van der Waals surface area contributed by atoms with Crippen LogP contribution in [0.25, 0.3) is 0 Å². The van der Waals surface area contributed by atoms with Crippen LogP contribution in [-0.2, 0) is 29.2 Å². The van der Waals surface area contributed by atoms with Crippen molar-refractivity contribution in [3.8, 4) is 0 Å². The number of likely N-dealkylation sites (tertiary alicyclic amines) is 1. The number of methoxy groups -OCH3 is 1. The van der Waals surface area contributed by atoms with Gasteiger partial charge in [0, 0.05) is 32.7 Å². The van der Waals surface area contributed by atoms with Gasteiger partial charge in [-0.05, 0) is 30.0 Å². The second kappa shape index (κ2) is 11.6. The quantitative estimate of drug-likeness (QED) is 0.518.